The van der Waals surface area contributed by atoms with Crippen LogP contribution in [0.3, 0.4) is 0 Å². The van der Waals surface area contributed by atoms with Gasteiger partial charge in [-0.05, 0) is 26.8 Å². The third kappa shape index (κ3) is 6.77. The summed E-state index contributed by atoms with van der Waals surface area (Å²) in [5, 5.41) is 46.8. The maximum atomic E-state index is 15.0. The number of aromatic nitrogens is 2. The van der Waals surface area contributed by atoms with E-state index >= 15 is 4.39 Å². The summed E-state index contributed by atoms with van der Waals surface area (Å²) >= 11 is 2.25. The number of thiazole rings is 1. The van der Waals surface area contributed by atoms with Crippen molar-refractivity contribution in [2.75, 3.05) is 31.1 Å². The Balaban J connectivity index is 1.27. The zero-order valence-electron chi connectivity index (χ0n) is 28.8. The van der Waals surface area contributed by atoms with Crippen LogP contribution >= 0.6 is 23.1 Å². The number of hydrogen-bond donors (Lipinski definition) is 6. The number of β-lactam (4-membered cyclic amide) rings is 1. The molecule has 3 aliphatic rings. The summed E-state index contributed by atoms with van der Waals surface area (Å²) < 4.78 is 16.8. The molecule has 0 aliphatic carbocycles. The van der Waals surface area contributed by atoms with Crippen molar-refractivity contribution in [1.82, 2.24) is 19.8 Å². The number of fused-ring (bicyclic) bond motifs is 2. The molecule has 2 atom stereocenters. The van der Waals surface area contributed by atoms with Crippen molar-refractivity contribution in [2.45, 2.75) is 63.7 Å². The van der Waals surface area contributed by atoms with Crippen molar-refractivity contribution < 1.29 is 53.3 Å². The first-order chi connectivity index (χ1) is 25.0. The number of oxime groups is 1. The molecular weight excluding hydrogens is 738 g/mol. The first-order valence-electron chi connectivity index (χ1n) is 16.5. The normalized spacial score (nSPS) is 20.0. The van der Waals surface area contributed by atoms with Crippen LogP contribution in [0, 0.1) is 5.82 Å². The average molecular weight is 775 g/mol. The van der Waals surface area contributed by atoms with Crippen molar-refractivity contribution in [1.29, 1.82) is 0 Å². The van der Waals surface area contributed by atoms with Crippen LogP contribution in [0.4, 0.5) is 9.52 Å². The number of aryl methyl sites for hydroxylation is 1. The number of anilines is 1. The summed E-state index contributed by atoms with van der Waals surface area (Å²) in [5.74, 6) is -6.93. The highest BCUT2D eigenvalue weighted by Gasteiger charge is 2.55. The lowest BCUT2D eigenvalue weighted by molar-refractivity contribution is -0.925. The topological polar surface area (TPSA) is 247 Å². The Morgan fingerprint density at radius 1 is 1.19 bits per heavy atom. The number of carbonyl (C=O) groups excluding carboxylic acids is 2. The van der Waals surface area contributed by atoms with Gasteiger partial charge in [-0.1, -0.05) is 5.16 Å². The number of nitrogens with zero attached hydrogens (tertiary/aromatic N) is 5. The summed E-state index contributed by atoms with van der Waals surface area (Å²) in [6.45, 7) is 6.00. The van der Waals surface area contributed by atoms with Gasteiger partial charge in [-0.15, -0.1) is 23.1 Å². The highest BCUT2D eigenvalue weighted by Crippen LogP contribution is 2.42. The number of carbonyl (C=O) groups is 4. The predicted octanol–water partition coefficient (Wildman–Crippen LogP) is 1.74. The molecule has 20 heteroatoms. The number of nitrogen functional groups attached to an aromatic ring is 1. The molecule has 6 rings (SSSR count). The van der Waals surface area contributed by atoms with Crippen molar-refractivity contribution >= 4 is 68.6 Å². The molecular formula is C33H37FN7O10S2+. The van der Waals surface area contributed by atoms with E-state index in [1.54, 1.807) is 6.92 Å². The molecule has 2 amide bonds. The Kier molecular flexibility index (Phi) is 9.90. The van der Waals surface area contributed by atoms with E-state index < -0.39 is 69.2 Å². The molecule has 0 saturated carbocycles. The molecule has 7 N–H and O–H groups in total. The van der Waals surface area contributed by atoms with Gasteiger partial charge in [-0.25, -0.2) is 19.0 Å². The maximum absolute atomic E-state index is 15.0. The number of amides is 2. The first-order valence-corrected chi connectivity index (χ1v) is 18.4. The van der Waals surface area contributed by atoms with Crippen LogP contribution < -0.4 is 16.5 Å². The number of thioether (sulfide) groups is 1. The highest BCUT2D eigenvalue weighted by atomic mass is 32.2. The molecule has 282 valence electrons. The smallest absolute Gasteiger partial charge is 0.352 e. The van der Waals surface area contributed by atoms with Gasteiger partial charge in [0.15, 0.2) is 33.6 Å². The van der Waals surface area contributed by atoms with Crippen molar-refractivity contribution in [3.05, 3.63) is 56.2 Å². The Hall–Kier alpha value is -5.21. The van der Waals surface area contributed by atoms with Gasteiger partial charge < -0.3 is 45.4 Å². The second-order valence-electron chi connectivity index (χ2n) is 13.6. The number of aliphatic carboxylic acids is 2. The zero-order valence-corrected chi connectivity index (χ0v) is 30.4. The fourth-order valence-electron chi connectivity index (χ4n) is 6.88. The monoisotopic (exact) mass is 774 g/mol. The SMILES string of the molecule is CCn1cc(C[N+]2(CC3=C(C(=O)O)N4C(=O)C(NC(=O)C(=NOC(C)(C)C(=O)O)c5csc(N)n5)C4SC3)CCCC2)c(=O)c2cc(O)c(O)c(F)c21. The summed E-state index contributed by atoms with van der Waals surface area (Å²) in [6, 6.07) is -0.119. The largest absolute Gasteiger partial charge is 0.504 e. The molecule has 0 radical (unpaired) electrons. The summed E-state index contributed by atoms with van der Waals surface area (Å²) in [5.41, 5.74) is 3.38. The quantitative estimate of drug-likeness (QED) is 0.0506. The van der Waals surface area contributed by atoms with Gasteiger partial charge in [0.05, 0.1) is 29.6 Å². The minimum absolute atomic E-state index is 0.0173. The van der Waals surface area contributed by atoms with Gasteiger partial charge in [0, 0.05) is 42.3 Å². The molecule has 53 heavy (non-hydrogen) atoms. The van der Waals surface area contributed by atoms with Crippen molar-refractivity contribution in [3.8, 4) is 11.5 Å². The molecule has 2 aromatic heterocycles. The standard InChI is InChI=1S/C33H36FN7O10S2/c1-4-39-10-15(25(43)17-9-19(42)26(44)20(34)24(17)39)11-41(7-5-6-8-41)12-16-13-52-29-22(28(46)40(29)23(16)30(47)48)37-27(45)21(18-14-53-32(35)36-18)38-51-33(2,3)31(49)50/h9-10,14,22,29H,4-8,11-13H2,1-3H3,(H6-,35,36,37,38,42,43,44,45,47,48,49,50)/p+1. The number of likely N-dealkylation sites (tertiary alicyclic amines) is 1. The van der Waals surface area contributed by atoms with Crippen LogP contribution in [0.1, 0.15) is 44.9 Å². The fourth-order valence-corrected chi connectivity index (χ4v) is 8.76. The number of hydrogen-bond acceptors (Lipinski definition) is 13. The summed E-state index contributed by atoms with van der Waals surface area (Å²) in [4.78, 5) is 75.4. The number of aromatic hydroxyl groups is 2. The molecule has 0 spiro atoms. The minimum Gasteiger partial charge on any atom is -0.504 e. The van der Waals surface area contributed by atoms with E-state index in [1.165, 1.54) is 41.8 Å². The first kappa shape index (κ1) is 37.5. The van der Waals surface area contributed by atoms with E-state index in [0.29, 0.717) is 28.7 Å². The van der Waals surface area contributed by atoms with Gasteiger partial charge in [-0.2, -0.15) is 0 Å². The van der Waals surface area contributed by atoms with Crippen molar-refractivity contribution in [3.63, 3.8) is 0 Å². The number of carboxylic acids is 2. The number of pyridine rings is 1. The van der Waals surface area contributed by atoms with Gasteiger partial charge in [-0.3, -0.25) is 19.3 Å². The number of carboxylic acid groups (broad SMARTS) is 2. The van der Waals surface area contributed by atoms with Crippen LogP contribution in [-0.2, 0) is 37.1 Å². The molecule has 5 heterocycles. The average Bonchev–Trinajstić information content (AvgIpc) is 3.75. The van der Waals surface area contributed by atoms with Gasteiger partial charge in [0.25, 0.3) is 11.8 Å². The van der Waals surface area contributed by atoms with Crippen LogP contribution in [0.2, 0.25) is 0 Å². The lowest BCUT2D eigenvalue weighted by Gasteiger charge is -2.50. The predicted molar refractivity (Wildman–Crippen MR) is 191 cm³/mol. The maximum Gasteiger partial charge on any atom is 0.352 e. The number of phenols is 2. The lowest BCUT2D eigenvalue weighted by atomic mass is 10.0. The summed E-state index contributed by atoms with van der Waals surface area (Å²) in [7, 11) is 0. The number of quaternary nitrogens is 1. The Morgan fingerprint density at radius 3 is 2.49 bits per heavy atom. The molecule has 1 aromatic carbocycles. The van der Waals surface area contributed by atoms with E-state index in [-0.39, 0.29) is 52.8 Å². The minimum atomic E-state index is -1.81. The van der Waals surface area contributed by atoms with Crippen LogP contribution in [0.15, 0.2) is 38.9 Å². The molecule has 0 bridgehead atoms. The number of nitrogens with two attached hydrogens (primary N) is 1. The number of nitrogens with one attached hydrogen (secondary N) is 1. The highest BCUT2D eigenvalue weighted by molar-refractivity contribution is 8.00. The van der Waals surface area contributed by atoms with E-state index in [4.69, 9.17) is 10.6 Å². The van der Waals surface area contributed by atoms with E-state index in [1.807, 2.05) is 0 Å². The van der Waals surface area contributed by atoms with E-state index in [9.17, 15) is 44.4 Å². The Labute approximate surface area is 308 Å². The van der Waals surface area contributed by atoms with E-state index in [0.717, 1.165) is 35.1 Å². The molecule has 2 saturated heterocycles. The van der Waals surface area contributed by atoms with Crippen LogP contribution in [0.5, 0.6) is 11.5 Å². The molecule has 2 unspecified atom stereocenters. The lowest BCUT2D eigenvalue weighted by Crippen LogP contribution is -2.71. The zero-order chi connectivity index (χ0) is 38.6. The fraction of sp³-hybridized carbons (Fsp3) is 0.424. The second-order valence-corrected chi connectivity index (χ2v) is 15.6. The number of phenolic OH excluding ortho intramolecular Hbond substituents is 2. The third-order valence-electron chi connectivity index (χ3n) is 9.61. The number of halogens is 1. The molecule has 3 aliphatic heterocycles. The van der Waals surface area contributed by atoms with Gasteiger partial charge in [0.2, 0.25) is 5.60 Å². The van der Waals surface area contributed by atoms with Gasteiger partial charge in [0.1, 0.15) is 35.9 Å². The molecule has 2 fully saturated rings. The Morgan fingerprint density at radius 2 is 1.89 bits per heavy atom. The Bertz CT molecular complexity index is 2180. The second kappa shape index (κ2) is 14.0. The number of benzene rings is 1. The number of rotatable bonds is 12. The summed E-state index contributed by atoms with van der Waals surface area (Å²) in [6.07, 6.45) is 3.12. The van der Waals surface area contributed by atoms with Crippen LogP contribution in [-0.4, -0.2) is 111 Å². The third-order valence-corrected chi connectivity index (χ3v) is 11.6. The molecule has 3 aromatic rings. The van der Waals surface area contributed by atoms with Gasteiger partial charge >= 0.3 is 11.9 Å². The molecule has 17 nitrogen and oxygen atoms in total. The van der Waals surface area contributed by atoms with E-state index in [2.05, 4.69) is 15.5 Å². The van der Waals surface area contributed by atoms with Crippen LogP contribution in [0.25, 0.3) is 10.9 Å². The van der Waals surface area contributed by atoms with Crippen molar-refractivity contribution in [2.24, 2.45) is 5.16 Å².